The molecule has 14 heavy (non-hydrogen) atoms. The van der Waals surface area contributed by atoms with Crippen LogP contribution < -0.4 is 0 Å². The van der Waals surface area contributed by atoms with Crippen molar-refractivity contribution in [1.82, 2.24) is 9.97 Å². The third-order valence-electron chi connectivity index (χ3n) is 1.81. The quantitative estimate of drug-likeness (QED) is 0.399. The Balaban J connectivity index is 2.62. The van der Waals surface area contributed by atoms with Crippen molar-refractivity contribution in [2.45, 2.75) is 0 Å². The van der Waals surface area contributed by atoms with E-state index in [9.17, 15) is 9.59 Å². The fourth-order valence-corrected chi connectivity index (χ4v) is 1.14. The van der Waals surface area contributed by atoms with Crippen LogP contribution in [0.4, 0.5) is 0 Å². The second-order valence-electron chi connectivity index (χ2n) is 2.73. The molecular weight excluding hydrogens is 180 g/mol. The standard InChI is InChI=1S/C10H6N2O2/c13-6-10(14)9-5-11-7-3-1-2-4-8(7)12-9/h1-6H. The lowest BCUT2D eigenvalue weighted by Gasteiger charge is -1.96. The first-order valence-corrected chi connectivity index (χ1v) is 4.02. The van der Waals surface area contributed by atoms with Crippen LogP contribution in [0.15, 0.2) is 30.5 Å². The molecule has 0 bridgehead atoms. The number of aldehydes is 1. The molecule has 0 N–H and O–H groups in total. The Bertz CT molecular complexity index is 508. The Labute approximate surface area is 79.6 Å². The first kappa shape index (κ1) is 8.50. The average molecular weight is 186 g/mol. The van der Waals surface area contributed by atoms with Crippen LogP contribution in [0, 0.1) is 0 Å². The van der Waals surface area contributed by atoms with Gasteiger partial charge in [-0.3, -0.25) is 14.6 Å². The zero-order valence-corrected chi connectivity index (χ0v) is 7.18. The molecule has 0 aliphatic heterocycles. The van der Waals surface area contributed by atoms with Crippen molar-refractivity contribution in [3.8, 4) is 0 Å². The van der Waals surface area contributed by atoms with Gasteiger partial charge in [0.05, 0.1) is 17.2 Å². The van der Waals surface area contributed by atoms with Crippen molar-refractivity contribution in [3.63, 3.8) is 0 Å². The van der Waals surface area contributed by atoms with Gasteiger partial charge in [-0.1, -0.05) is 12.1 Å². The van der Waals surface area contributed by atoms with Crippen LogP contribution in [0.25, 0.3) is 11.0 Å². The summed E-state index contributed by atoms with van der Waals surface area (Å²) in [5.74, 6) is -0.650. The summed E-state index contributed by atoms with van der Waals surface area (Å²) < 4.78 is 0. The minimum Gasteiger partial charge on any atom is -0.294 e. The number of aromatic nitrogens is 2. The van der Waals surface area contributed by atoms with Gasteiger partial charge in [-0.15, -0.1) is 0 Å². The number of hydrogen-bond donors (Lipinski definition) is 0. The number of benzene rings is 1. The number of hydrogen-bond acceptors (Lipinski definition) is 4. The highest BCUT2D eigenvalue weighted by Crippen LogP contribution is 2.08. The fraction of sp³-hybridized carbons (Fsp3) is 0. The summed E-state index contributed by atoms with van der Waals surface area (Å²) in [4.78, 5) is 29.2. The van der Waals surface area contributed by atoms with E-state index >= 15 is 0 Å². The van der Waals surface area contributed by atoms with Crippen LogP contribution in [-0.2, 0) is 4.79 Å². The largest absolute Gasteiger partial charge is 0.294 e. The molecule has 0 unspecified atom stereocenters. The predicted molar refractivity (Wildman–Crippen MR) is 49.9 cm³/mol. The van der Waals surface area contributed by atoms with Crippen molar-refractivity contribution >= 4 is 23.1 Å². The molecular formula is C10H6N2O2. The van der Waals surface area contributed by atoms with Crippen LogP contribution in [0.2, 0.25) is 0 Å². The molecule has 1 aromatic heterocycles. The van der Waals surface area contributed by atoms with Crippen LogP contribution in [0.5, 0.6) is 0 Å². The molecule has 1 heterocycles. The van der Waals surface area contributed by atoms with E-state index in [1.165, 1.54) is 6.20 Å². The lowest BCUT2D eigenvalue weighted by molar-refractivity contribution is -0.104. The minimum absolute atomic E-state index is 0.0821. The molecule has 2 aromatic rings. The Morgan fingerprint density at radius 2 is 1.93 bits per heavy atom. The van der Waals surface area contributed by atoms with Crippen molar-refractivity contribution < 1.29 is 9.59 Å². The number of carbonyl (C=O) groups excluding carboxylic acids is 2. The van der Waals surface area contributed by atoms with Gasteiger partial charge in [0.25, 0.3) is 0 Å². The lowest BCUT2D eigenvalue weighted by atomic mass is 10.2. The molecule has 0 spiro atoms. The van der Waals surface area contributed by atoms with Crippen LogP contribution in [0.3, 0.4) is 0 Å². The molecule has 2 rings (SSSR count). The fourth-order valence-electron chi connectivity index (χ4n) is 1.14. The summed E-state index contributed by atoms with van der Waals surface area (Å²) in [5, 5.41) is 0. The van der Waals surface area contributed by atoms with Crippen LogP contribution in [-0.4, -0.2) is 22.0 Å². The smallest absolute Gasteiger partial charge is 0.245 e. The van der Waals surface area contributed by atoms with Crippen molar-refractivity contribution in [3.05, 3.63) is 36.2 Å². The number of carbonyl (C=O) groups is 2. The number of rotatable bonds is 2. The van der Waals surface area contributed by atoms with E-state index in [-0.39, 0.29) is 12.0 Å². The first-order valence-electron chi connectivity index (χ1n) is 4.02. The SMILES string of the molecule is O=CC(=O)c1cnc2ccccc2n1. The van der Waals surface area contributed by atoms with Crippen LogP contribution >= 0.6 is 0 Å². The number of Topliss-reactive ketones (excluding diaryl/α,β-unsaturated/α-hetero) is 1. The summed E-state index contributed by atoms with van der Waals surface area (Å²) in [6, 6.07) is 7.16. The highest BCUT2D eigenvalue weighted by atomic mass is 16.2. The van der Waals surface area contributed by atoms with E-state index < -0.39 is 5.78 Å². The summed E-state index contributed by atoms with van der Waals surface area (Å²) in [5.41, 5.74) is 1.40. The van der Waals surface area contributed by atoms with Gasteiger partial charge in [0.2, 0.25) is 5.78 Å². The zero-order chi connectivity index (χ0) is 9.97. The molecule has 0 saturated heterocycles. The Morgan fingerprint density at radius 3 is 2.64 bits per heavy atom. The van der Waals surface area contributed by atoms with E-state index in [1.54, 1.807) is 18.2 Å². The minimum atomic E-state index is -0.650. The van der Waals surface area contributed by atoms with E-state index in [0.29, 0.717) is 11.0 Å². The first-order chi connectivity index (χ1) is 6.81. The van der Waals surface area contributed by atoms with Crippen molar-refractivity contribution in [2.24, 2.45) is 0 Å². The predicted octanol–water partition coefficient (Wildman–Crippen LogP) is 1.01. The highest BCUT2D eigenvalue weighted by molar-refractivity contribution is 6.32. The maximum Gasteiger partial charge on any atom is 0.245 e. The van der Waals surface area contributed by atoms with Gasteiger partial charge in [0, 0.05) is 0 Å². The number of fused-ring (bicyclic) bond motifs is 1. The monoisotopic (exact) mass is 186 g/mol. The molecule has 68 valence electrons. The molecule has 4 nitrogen and oxygen atoms in total. The maximum absolute atomic E-state index is 11.0. The van der Waals surface area contributed by atoms with Crippen LogP contribution in [0.1, 0.15) is 10.5 Å². The topological polar surface area (TPSA) is 59.9 Å². The second kappa shape index (κ2) is 3.33. The summed E-state index contributed by atoms with van der Waals surface area (Å²) in [7, 11) is 0. The van der Waals surface area contributed by atoms with Gasteiger partial charge in [-0.25, -0.2) is 4.98 Å². The van der Waals surface area contributed by atoms with E-state index in [0.717, 1.165) is 0 Å². The number of nitrogens with zero attached hydrogens (tertiary/aromatic N) is 2. The Kier molecular flexibility index (Phi) is 2.02. The Hall–Kier alpha value is -2.10. The molecule has 0 fully saturated rings. The van der Waals surface area contributed by atoms with E-state index in [4.69, 9.17) is 0 Å². The molecule has 1 aromatic carbocycles. The Morgan fingerprint density at radius 1 is 1.21 bits per heavy atom. The van der Waals surface area contributed by atoms with Gasteiger partial charge in [0.1, 0.15) is 5.69 Å². The van der Waals surface area contributed by atoms with E-state index in [1.807, 2.05) is 6.07 Å². The molecule has 0 atom stereocenters. The van der Waals surface area contributed by atoms with Gasteiger partial charge >= 0.3 is 0 Å². The molecule has 0 aliphatic carbocycles. The highest BCUT2D eigenvalue weighted by Gasteiger charge is 2.06. The van der Waals surface area contributed by atoms with Gasteiger partial charge < -0.3 is 0 Å². The van der Waals surface area contributed by atoms with Crippen molar-refractivity contribution in [2.75, 3.05) is 0 Å². The third-order valence-corrected chi connectivity index (χ3v) is 1.81. The van der Waals surface area contributed by atoms with Gasteiger partial charge in [-0.05, 0) is 12.1 Å². The molecule has 0 aliphatic rings. The molecule has 0 saturated carbocycles. The van der Waals surface area contributed by atoms with E-state index in [2.05, 4.69) is 9.97 Å². The summed E-state index contributed by atoms with van der Waals surface area (Å²) in [6.07, 6.45) is 1.54. The lowest BCUT2D eigenvalue weighted by Crippen LogP contribution is -2.03. The van der Waals surface area contributed by atoms with Gasteiger partial charge in [0.15, 0.2) is 6.29 Å². The molecule has 0 amide bonds. The summed E-state index contributed by atoms with van der Waals surface area (Å²) >= 11 is 0. The molecule has 4 heteroatoms. The van der Waals surface area contributed by atoms with Gasteiger partial charge in [-0.2, -0.15) is 0 Å². The third kappa shape index (κ3) is 1.37. The zero-order valence-electron chi connectivity index (χ0n) is 7.18. The summed E-state index contributed by atoms with van der Waals surface area (Å²) in [6.45, 7) is 0. The average Bonchev–Trinajstić information content (AvgIpc) is 2.27. The molecule has 0 radical (unpaired) electrons. The number of para-hydroxylation sites is 2. The number of ketones is 1. The van der Waals surface area contributed by atoms with Crippen molar-refractivity contribution in [1.29, 1.82) is 0 Å². The maximum atomic E-state index is 11.0. The normalized spacial score (nSPS) is 10.0. The second-order valence-corrected chi connectivity index (χ2v) is 2.73.